The Morgan fingerprint density at radius 1 is 1.20 bits per heavy atom. The molecule has 0 bridgehead atoms. The summed E-state index contributed by atoms with van der Waals surface area (Å²) in [6, 6.07) is 9.30. The largest absolute Gasteiger partial charge is 0.382 e. The maximum atomic E-state index is 4.57. The van der Waals surface area contributed by atoms with Gasteiger partial charge in [-0.2, -0.15) is 0 Å². The van der Waals surface area contributed by atoms with Gasteiger partial charge < -0.3 is 5.32 Å². The zero-order valence-corrected chi connectivity index (χ0v) is 13.0. The van der Waals surface area contributed by atoms with Crippen molar-refractivity contribution in [2.45, 2.75) is 45.6 Å². The highest BCUT2D eigenvalue weighted by molar-refractivity contribution is 7.09. The van der Waals surface area contributed by atoms with Crippen molar-refractivity contribution in [1.29, 1.82) is 0 Å². The lowest BCUT2D eigenvalue weighted by molar-refractivity contribution is 0.361. The lowest BCUT2D eigenvalue weighted by Crippen LogP contribution is -2.25. The Morgan fingerprint density at radius 3 is 2.70 bits per heavy atom. The fourth-order valence-electron chi connectivity index (χ4n) is 2.90. The molecule has 1 aliphatic carbocycles. The lowest BCUT2D eigenvalue weighted by atomic mass is 9.87. The van der Waals surface area contributed by atoms with Crippen molar-refractivity contribution >= 4 is 17.0 Å². The average molecular weight is 286 g/mol. The molecule has 0 saturated heterocycles. The van der Waals surface area contributed by atoms with Crippen LogP contribution in [-0.4, -0.2) is 11.0 Å². The van der Waals surface area contributed by atoms with Crippen molar-refractivity contribution in [2.24, 2.45) is 5.92 Å². The van der Waals surface area contributed by atoms with Gasteiger partial charge >= 0.3 is 0 Å². The summed E-state index contributed by atoms with van der Waals surface area (Å²) in [6.45, 7) is 4.42. The minimum Gasteiger partial charge on any atom is -0.382 e. The average Bonchev–Trinajstić information content (AvgIpc) is 2.89. The van der Waals surface area contributed by atoms with Gasteiger partial charge in [-0.1, -0.05) is 19.1 Å². The first-order valence-electron chi connectivity index (χ1n) is 7.50. The number of benzene rings is 1. The first kappa shape index (κ1) is 13.6. The molecule has 1 N–H and O–H groups in total. The first-order valence-corrected chi connectivity index (χ1v) is 8.38. The van der Waals surface area contributed by atoms with E-state index in [1.165, 1.54) is 36.9 Å². The molecule has 1 aliphatic rings. The number of rotatable bonds is 3. The number of thiazole rings is 1. The van der Waals surface area contributed by atoms with Crippen LogP contribution >= 0.6 is 11.3 Å². The van der Waals surface area contributed by atoms with Crippen LogP contribution in [0.4, 0.5) is 5.69 Å². The normalized spacial score (nSPS) is 22.7. The highest BCUT2D eigenvalue weighted by atomic mass is 32.1. The third-order valence-corrected chi connectivity index (χ3v) is 4.94. The monoisotopic (exact) mass is 286 g/mol. The second-order valence-corrected chi connectivity index (χ2v) is 7.00. The van der Waals surface area contributed by atoms with E-state index in [-0.39, 0.29) is 0 Å². The Labute approximate surface area is 125 Å². The molecule has 1 aromatic heterocycles. The molecule has 0 unspecified atom stereocenters. The Balaban J connectivity index is 1.71. The van der Waals surface area contributed by atoms with E-state index >= 15 is 0 Å². The van der Waals surface area contributed by atoms with Crippen LogP contribution in [0.15, 0.2) is 29.6 Å². The molecular formula is C17H22N2S. The van der Waals surface area contributed by atoms with Gasteiger partial charge in [0, 0.05) is 22.7 Å². The van der Waals surface area contributed by atoms with Crippen molar-refractivity contribution in [1.82, 2.24) is 4.98 Å². The SMILES string of the molecule is Cc1nc(-c2cccc(NC3CCC(C)CC3)c2)cs1. The van der Waals surface area contributed by atoms with E-state index in [2.05, 4.69) is 53.8 Å². The van der Waals surface area contributed by atoms with Gasteiger partial charge in [0.1, 0.15) is 0 Å². The van der Waals surface area contributed by atoms with Crippen LogP contribution in [-0.2, 0) is 0 Å². The summed E-state index contributed by atoms with van der Waals surface area (Å²) >= 11 is 1.71. The van der Waals surface area contributed by atoms with Crippen LogP contribution in [0.1, 0.15) is 37.6 Å². The van der Waals surface area contributed by atoms with Crippen LogP contribution in [0.2, 0.25) is 0 Å². The second kappa shape index (κ2) is 5.96. The number of nitrogens with one attached hydrogen (secondary N) is 1. The van der Waals surface area contributed by atoms with Gasteiger partial charge in [-0.05, 0) is 50.7 Å². The molecule has 0 aliphatic heterocycles. The molecule has 0 radical (unpaired) electrons. The molecule has 20 heavy (non-hydrogen) atoms. The number of nitrogens with zero attached hydrogens (tertiary/aromatic N) is 1. The van der Waals surface area contributed by atoms with Gasteiger partial charge in [-0.3, -0.25) is 0 Å². The van der Waals surface area contributed by atoms with E-state index in [4.69, 9.17) is 0 Å². The number of aryl methyl sites for hydroxylation is 1. The van der Waals surface area contributed by atoms with Crippen LogP contribution in [0.25, 0.3) is 11.3 Å². The summed E-state index contributed by atoms with van der Waals surface area (Å²) in [5.41, 5.74) is 3.53. The van der Waals surface area contributed by atoms with Gasteiger partial charge in [-0.15, -0.1) is 11.3 Å². The van der Waals surface area contributed by atoms with Crippen LogP contribution in [0.5, 0.6) is 0 Å². The van der Waals surface area contributed by atoms with Crippen molar-refractivity contribution in [2.75, 3.05) is 5.32 Å². The highest BCUT2D eigenvalue weighted by Gasteiger charge is 2.17. The highest BCUT2D eigenvalue weighted by Crippen LogP contribution is 2.28. The molecule has 1 fully saturated rings. The number of hydrogen-bond acceptors (Lipinski definition) is 3. The molecule has 1 aromatic carbocycles. The van der Waals surface area contributed by atoms with Gasteiger partial charge in [0.2, 0.25) is 0 Å². The maximum Gasteiger partial charge on any atom is 0.0901 e. The molecule has 106 valence electrons. The van der Waals surface area contributed by atoms with Crippen LogP contribution in [0.3, 0.4) is 0 Å². The van der Waals surface area contributed by atoms with E-state index < -0.39 is 0 Å². The molecule has 1 heterocycles. The predicted octanol–water partition coefficient (Wildman–Crippen LogP) is 5.11. The molecule has 2 nitrogen and oxygen atoms in total. The molecule has 3 rings (SSSR count). The maximum absolute atomic E-state index is 4.57. The minimum absolute atomic E-state index is 0.638. The summed E-state index contributed by atoms with van der Waals surface area (Å²) in [5.74, 6) is 0.900. The van der Waals surface area contributed by atoms with Crippen molar-refractivity contribution in [3.63, 3.8) is 0 Å². The molecule has 2 aromatic rings. The smallest absolute Gasteiger partial charge is 0.0901 e. The third kappa shape index (κ3) is 3.21. The fraction of sp³-hybridized carbons (Fsp3) is 0.471. The van der Waals surface area contributed by atoms with Crippen molar-refractivity contribution in [3.8, 4) is 11.3 Å². The molecule has 0 atom stereocenters. The van der Waals surface area contributed by atoms with Crippen LogP contribution < -0.4 is 5.32 Å². The van der Waals surface area contributed by atoms with Gasteiger partial charge in [0.15, 0.2) is 0 Å². The second-order valence-electron chi connectivity index (χ2n) is 5.93. The van der Waals surface area contributed by atoms with Crippen LogP contribution in [0, 0.1) is 12.8 Å². The topological polar surface area (TPSA) is 24.9 Å². The lowest BCUT2D eigenvalue weighted by Gasteiger charge is -2.27. The summed E-state index contributed by atoms with van der Waals surface area (Å²) < 4.78 is 0. The quantitative estimate of drug-likeness (QED) is 0.848. The first-order chi connectivity index (χ1) is 9.70. The molecular weight excluding hydrogens is 264 g/mol. The number of anilines is 1. The molecule has 0 amide bonds. The summed E-state index contributed by atoms with van der Waals surface area (Å²) in [7, 11) is 0. The van der Waals surface area contributed by atoms with E-state index in [0.29, 0.717) is 6.04 Å². The fourth-order valence-corrected chi connectivity index (χ4v) is 3.53. The Morgan fingerprint density at radius 2 is 2.00 bits per heavy atom. The van der Waals surface area contributed by atoms with Gasteiger partial charge in [0.25, 0.3) is 0 Å². The Kier molecular flexibility index (Phi) is 4.06. The Bertz CT molecular complexity index is 568. The van der Waals surface area contributed by atoms with Gasteiger partial charge in [0.05, 0.1) is 10.7 Å². The third-order valence-electron chi connectivity index (χ3n) is 4.16. The number of hydrogen-bond donors (Lipinski definition) is 1. The van der Waals surface area contributed by atoms with E-state index in [9.17, 15) is 0 Å². The van der Waals surface area contributed by atoms with Crippen molar-refractivity contribution in [3.05, 3.63) is 34.7 Å². The molecule has 0 spiro atoms. The van der Waals surface area contributed by atoms with E-state index in [1.807, 2.05) is 0 Å². The summed E-state index contributed by atoms with van der Waals surface area (Å²) in [6.07, 6.45) is 5.29. The predicted molar refractivity (Wildman–Crippen MR) is 87.3 cm³/mol. The molecule has 3 heteroatoms. The van der Waals surface area contributed by atoms with Gasteiger partial charge in [-0.25, -0.2) is 4.98 Å². The Hall–Kier alpha value is -1.35. The van der Waals surface area contributed by atoms with Crippen molar-refractivity contribution < 1.29 is 0 Å². The summed E-state index contributed by atoms with van der Waals surface area (Å²) in [5, 5.41) is 6.95. The molecule has 1 saturated carbocycles. The summed E-state index contributed by atoms with van der Waals surface area (Å²) in [4.78, 5) is 4.57. The van der Waals surface area contributed by atoms with E-state index in [1.54, 1.807) is 11.3 Å². The standard InChI is InChI=1S/C17H22N2S/c1-12-6-8-15(9-7-12)19-16-5-3-4-14(10-16)17-11-20-13(2)18-17/h3-5,10-12,15,19H,6-9H2,1-2H3. The number of aromatic nitrogens is 1. The zero-order valence-electron chi connectivity index (χ0n) is 12.2. The minimum atomic E-state index is 0.638. The van der Waals surface area contributed by atoms with E-state index in [0.717, 1.165) is 16.6 Å². The zero-order chi connectivity index (χ0) is 13.9.